The van der Waals surface area contributed by atoms with Gasteiger partial charge >= 0.3 is 5.97 Å². The van der Waals surface area contributed by atoms with Gasteiger partial charge in [0.15, 0.2) is 12.2 Å². The minimum atomic E-state index is -0.965. The molecule has 0 spiro atoms. The molecule has 2 heterocycles. The minimum Gasteiger partial charge on any atom is -0.495 e. The zero-order chi connectivity index (χ0) is 19.7. The Labute approximate surface area is 161 Å². The van der Waals surface area contributed by atoms with E-state index in [0.717, 1.165) is 22.8 Å². The maximum Gasteiger partial charge on any atom is 0.336 e. The third-order valence-corrected chi connectivity index (χ3v) is 4.81. The molecule has 4 rings (SSSR count). The number of amides is 1. The molecule has 1 aromatic heterocycles. The van der Waals surface area contributed by atoms with Crippen LogP contribution in [0.25, 0.3) is 21.9 Å². The van der Waals surface area contributed by atoms with Gasteiger partial charge in [-0.05, 0) is 31.9 Å². The van der Waals surface area contributed by atoms with Crippen molar-refractivity contribution in [2.75, 3.05) is 19.0 Å². The maximum atomic E-state index is 12.5. The third kappa shape index (κ3) is 3.41. The molecule has 146 valence electrons. The summed E-state index contributed by atoms with van der Waals surface area (Å²) in [4.78, 5) is 24.6. The van der Waals surface area contributed by atoms with E-state index in [1.165, 1.54) is 14.0 Å². The van der Waals surface area contributed by atoms with Gasteiger partial charge in [-0.2, -0.15) is 0 Å². The molecule has 28 heavy (non-hydrogen) atoms. The van der Waals surface area contributed by atoms with Crippen molar-refractivity contribution in [2.45, 2.75) is 32.0 Å². The Balaban J connectivity index is 1.55. The second-order valence-electron chi connectivity index (χ2n) is 6.72. The summed E-state index contributed by atoms with van der Waals surface area (Å²) >= 11 is 0. The Morgan fingerprint density at radius 2 is 2.00 bits per heavy atom. The average Bonchev–Trinajstić information content (AvgIpc) is 3.35. The number of carbonyl (C=O) groups excluding carboxylic acids is 2. The number of carbonyl (C=O) groups is 2. The topological polar surface area (TPSA) is 87.0 Å². The van der Waals surface area contributed by atoms with E-state index >= 15 is 0 Å². The Morgan fingerprint density at radius 1 is 1.18 bits per heavy atom. The van der Waals surface area contributed by atoms with Crippen LogP contribution in [0.3, 0.4) is 0 Å². The molecule has 2 aromatic carbocycles. The number of anilines is 1. The van der Waals surface area contributed by atoms with E-state index in [0.29, 0.717) is 30.0 Å². The van der Waals surface area contributed by atoms with Crippen molar-refractivity contribution >= 4 is 39.5 Å². The lowest BCUT2D eigenvalue weighted by Crippen LogP contribution is -2.34. The predicted molar refractivity (Wildman–Crippen MR) is 103 cm³/mol. The zero-order valence-electron chi connectivity index (χ0n) is 15.7. The fourth-order valence-corrected chi connectivity index (χ4v) is 3.32. The lowest BCUT2D eigenvalue weighted by Gasteiger charge is -2.17. The Bertz CT molecular complexity index is 1030. The van der Waals surface area contributed by atoms with Crippen molar-refractivity contribution in [1.82, 2.24) is 0 Å². The van der Waals surface area contributed by atoms with Crippen LogP contribution >= 0.6 is 0 Å². The monoisotopic (exact) mass is 383 g/mol. The Hall–Kier alpha value is -3.06. The summed E-state index contributed by atoms with van der Waals surface area (Å²) in [5, 5.41) is 4.61. The van der Waals surface area contributed by atoms with Gasteiger partial charge in [0.1, 0.15) is 16.9 Å². The van der Waals surface area contributed by atoms with Crippen molar-refractivity contribution < 1.29 is 28.2 Å². The quantitative estimate of drug-likeness (QED) is 0.677. The standard InChI is InChI=1S/C21H21NO6/c1-12(27-21(24)17-8-5-9-26-17)20(23)22-15-11-18-14(10-19(15)25-2)13-6-3-4-7-16(13)28-18/h3-4,6-7,10-12,17H,5,8-9H2,1-2H3,(H,22,23)/t12-,17-/m1/s1. The molecule has 7 heteroatoms. The fourth-order valence-electron chi connectivity index (χ4n) is 3.32. The number of hydrogen-bond donors (Lipinski definition) is 1. The third-order valence-electron chi connectivity index (χ3n) is 4.81. The molecule has 0 saturated carbocycles. The molecule has 0 aliphatic carbocycles. The largest absolute Gasteiger partial charge is 0.495 e. The summed E-state index contributed by atoms with van der Waals surface area (Å²) in [5.74, 6) is -0.481. The smallest absolute Gasteiger partial charge is 0.336 e. The van der Waals surface area contributed by atoms with E-state index in [1.807, 2.05) is 30.3 Å². The molecule has 2 atom stereocenters. The lowest BCUT2D eigenvalue weighted by molar-refractivity contribution is -0.162. The highest BCUT2D eigenvalue weighted by molar-refractivity contribution is 6.08. The summed E-state index contributed by atoms with van der Waals surface area (Å²) in [6, 6.07) is 11.2. The number of ether oxygens (including phenoxy) is 3. The molecule has 1 amide bonds. The van der Waals surface area contributed by atoms with E-state index in [1.54, 1.807) is 6.07 Å². The first-order chi connectivity index (χ1) is 13.6. The SMILES string of the molecule is COc1cc2c(cc1NC(=O)[C@@H](C)OC(=O)[C@H]1CCCO1)oc1ccccc12. The van der Waals surface area contributed by atoms with Gasteiger partial charge < -0.3 is 23.9 Å². The Morgan fingerprint density at radius 3 is 2.75 bits per heavy atom. The summed E-state index contributed by atoms with van der Waals surface area (Å²) in [6.07, 6.45) is -0.122. The minimum absolute atomic E-state index is 0.444. The number of furan rings is 1. The van der Waals surface area contributed by atoms with Crippen LogP contribution in [-0.2, 0) is 19.1 Å². The number of fused-ring (bicyclic) bond motifs is 3. The van der Waals surface area contributed by atoms with Gasteiger partial charge in [0.05, 0.1) is 12.8 Å². The first-order valence-corrected chi connectivity index (χ1v) is 9.19. The van der Waals surface area contributed by atoms with Crippen LogP contribution in [0.1, 0.15) is 19.8 Å². The van der Waals surface area contributed by atoms with Gasteiger partial charge in [-0.1, -0.05) is 18.2 Å². The molecule has 1 aliphatic heterocycles. The van der Waals surface area contributed by atoms with Crippen LogP contribution in [0.15, 0.2) is 40.8 Å². The number of benzene rings is 2. The van der Waals surface area contributed by atoms with Gasteiger partial charge in [0, 0.05) is 23.4 Å². The van der Waals surface area contributed by atoms with Gasteiger partial charge in [-0.3, -0.25) is 4.79 Å². The zero-order valence-corrected chi connectivity index (χ0v) is 15.7. The van der Waals surface area contributed by atoms with Crippen molar-refractivity contribution in [1.29, 1.82) is 0 Å². The molecule has 0 bridgehead atoms. The van der Waals surface area contributed by atoms with Crippen molar-refractivity contribution in [3.63, 3.8) is 0 Å². The maximum absolute atomic E-state index is 12.5. The van der Waals surface area contributed by atoms with Crippen molar-refractivity contribution in [3.8, 4) is 5.75 Å². The second-order valence-corrected chi connectivity index (χ2v) is 6.72. The molecular weight excluding hydrogens is 362 g/mol. The molecular formula is C21H21NO6. The van der Waals surface area contributed by atoms with Gasteiger partial charge in [0.2, 0.25) is 0 Å². The molecule has 1 saturated heterocycles. The summed E-state index contributed by atoms with van der Waals surface area (Å²) < 4.78 is 21.8. The Kier molecular flexibility index (Phi) is 4.92. The highest BCUT2D eigenvalue weighted by Crippen LogP contribution is 2.36. The van der Waals surface area contributed by atoms with Gasteiger partial charge in [0.25, 0.3) is 5.91 Å². The first-order valence-electron chi connectivity index (χ1n) is 9.19. The van der Waals surface area contributed by atoms with Crippen LogP contribution in [0.2, 0.25) is 0 Å². The highest BCUT2D eigenvalue weighted by atomic mass is 16.6. The number of para-hydroxylation sites is 1. The van der Waals surface area contributed by atoms with E-state index in [2.05, 4.69) is 5.32 Å². The number of rotatable bonds is 5. The molecule has 3 aromatic rings. The summed E-state index contributed by atoms with van der Waals surface area (Å²) in [7, 11) is 1.53. The van der Waals surface area contributed by atoms with Crippen molar-refractivity contribution in [3.05, 3.63) is 36.4 Å². The van der Waals surface area contributed by atoms with Crippen LogP contribution < -0.4 is 10.1 Å². The first kappa shape index (κ1) is 18.3. The second kappa shape index (κ2) is 7.52. The summed E-state index contributed by atoms with van der Waals surface area (Å²) in [6.45, 7) is 2.06. The average molecular weight is 383 g/mol. The predicted octanol–water partition coefficient (Wildman–Crippen LogP) is 3.64. The van der Waals surface area contributed by atoms with Crippen LogP contribution in [0, 0.1) is 0 Å². The highest BCUT2D eigenvalue weighted by Gasteiger charge is 2.28. The number of nitrogens with one attached hydrogen (secondary N) is 1. The molecule has 1 fully saturated rings. The van der Waals surface area contributed by atoms with E-state index in [4.69, 9.17) is 18.6 Å². The fraction of sp³-hybridized carbons (Fsp3) is 0.333. The lowest BCUT2D eigenvalue weighted by atomic mass is 10.1. The molecule has 0 unspecified atom stereocenters. The number of esters is 1. The molecule has 1 aliphatic rings. The number of methoxy groups -OCH3 is 1. The molecule has 1 N–H and O–H groups in total. The van der Waals surface area contributed by atoms with Crippen molar-refractivity contribution in [2.24, 2.45) is 0 Å². The van der Waals surface area contributed by atoms with Crippen LogP contribution in [0.4, 0.5) is 5.69 Å². The van der Waals surface area contributed by atoms with E-state index < -0.39 is 24.1 Å². The van der Waals surface area contributed by atoms with E-state index in [9.17, 15) is 9.59 Å². The van der Waals surface area contributed by atoms with Gasteiger partial charge in [-0.25, -0.2) is 4.79 Å². The molecule has 7 nitrogen and oxygen atoms in total. The number of hydrogen-bond acceptors (Lipinski definition) is 6. The van der Waals surface area contributed by atoms with Crippen LogP contribution in [-0.4, -0.2) is 37.8 Å². The van der Waals surface area contributed by atoms with Gasteiger partial charge in [-0.15, -0.1) is 0 Å². The molecule has 0 radical (unpaired) electrons. The van der Waals surface area contributed by atoms with E-state index in [-0.39, 0.29) is 0 Å². The van der Waals surface area contributed by atoms with Crippen LogP contribution in [0.5, 0.6) is 5.75 Å². The normalized spacial score (nSPS) is 17.6. The summed E-state index contributed by atoms with van der Waals surface area (Å²) in [5.41, 5.74) is 1.82.